The van der Waals surface area contributed by atoms with E-state index >= 15 is 0 Å². The molecule has 2 aromatic carbocycles. The lowest BCUT2D eigenvalue weighted by Gasteiger charge is -2.45. The van der Waals surface area contributed by atoms with Crippen LogP contribution in [0.2, 0.25) is 0 Å². The number of hydrogen-bond donors (Lipinski definition) is 0. The molecule has 206 valence electrons. The lowest BCUT2D eigenvalue weighted by atomic mass is 9.61. The third-order valence-corrected chi connectivity index (χ3v) is 7.19. The smallest absolute Gasteiger partial charge is 0.317 e. The predicted molar refractivity (Wildman–Crippen MR) is 152 cm³/mol. The fourth-order valence-electron chi connectivity index (χ4n) is 4.94. The van der Waals surface area contributed by atoms with E-state index < -0.39 is 16.4 Å². The molecule has 0 amide bonds. The number of carbonyl (C=O) groups is 2. The Hall–Kier alpha value is -3.13. The van der Waals surface area contributed by atoms with E-state index in [1.165, 1.54) is 0 Å². The average Bonchev–Trinajstić information content (AvgIpc) is 2.76. The maximum Gasteiger partial charge on any atom is 0.317 e. The maximum absolute atomic E-state index is 13.6. The minimum Gasteiger partial charge on any atom is -0.459 e. The lowest BCUT2D eigenvalue weighted by Crippen LogP contribution is -2.48. The number of benzene rings is 2. The Morgan fingerprint density at radius 2 is 1.18 bits per heavy atom. The van der Waals surface area contributed by atoms with Crippen molar-refractivity contribution in [2.75, 3.05) is 0 Å². The zero-order valence-corrected chi connectivity index (χ0v) is 25.1. The minimum absolute atomic E-state index is 0.0517. The monoisotopic (exact) mass is 519 g/mol. The second-order valence-electron chi connectivity index (χ2n) is 14.1. The Morgan fingerprint density at radius 3 is 1.61 bits per heavy atom. The summed E-state index contributed by atoms with van der Waals surface area (Å²) >= 11 is 0. The molecule has 5 nitrogen and oxygen atoms in total. The van der Waals surface area contributed by atoms with Crippen LogP contribution >= 0.6 is 0 Å². The van der Waals surface area contributed by atoms with Crippen molar-refractivity contribution in [2.45, 2.75) is 94.6 Å². The summed E-state index contributed by atoms with van der Waals surface area (Å²) in [4.78, 5) is 26.8. The normalized spacial score (nSPS) is 14.3. The molecule has 0 bridgehead atoms. The summed E-state index contributed by atoms with van der Waals surface area (Å²) in [5.41, 5.74) is -0.272. The van der Waals surface area contributed by atoms with Crippen LogP contribution in [0.15, 0.2) is 48.5 Å². The molecule has 2 aromatic rings. The number of nitrogens with zero attached hydrogens (tertiary/aromatic N) is 1. The van der Waals surface area contributed by atoms with Crippen molar-refractivity contribution in [3.63, 3.8) is 0 Å². The van der Waals surface area contributed by atoms with Crippen molar-refractivity contribution in [2.24, 2.45) is 21.7 Å². The van der Waals surface area contributed by atoms with Gasteiger partial charge in [0.15, 0.2) is 0 Å². The first-order valence-electron chi connectivity index (χ1n) is 13.3. The summed E-state index contributed by atoms with van der Waals surface area (Å²) in [6, 6.07) is 16.7. The topological polar surface area (TPSA) is 76.4 Å². The van der Waals surface area contributed by atoms with Gasteiger partial charge in [-0.05, 0) is 87.3 Å². The van der Waals surface area contributed by atoms with E-state index in [-0.39, 0.29) is 22.8 Å². The average molecular weight is 520 g/mol. The van der Waals surface area contributed by atoms with Crippen LogP contribution in [0.5, 0.6) is 5.75 Å². The Bertz CT molecular complexity index is 1170. The molecular weight excluding hydrogens is 474 g/mol. The van der Waals surface area contributed by atoms with Crippen molar-refractivity contribution < 1.29 is 19.1 Å². The molecule has 0 aliphatic carbocycles. The first kappa shape index (κ1) is 31.1. The molecule has 0 saturated carbocycles. The Morgan fingerprint density at radius 1 is 0.711 bits per heavy atom. The summed E-state index contributed by atoms with van der Waals surface area (Å²) < 4.78 is 11.8. The molecule has 2 rings (SSSR count). The molecule has 0 aromatic heterocycles. The Balaban J connectivity index is 2.12. The number of esters is 2. The first-order chi connectivity index (χ1) is 17.2. The van der Waals surface area contributed by atoms with E-state index in [9.17, 15) is 9.59 Å². The molecule has 1 atom stereocenters. The molecule has 0 N–H and O–H groups in total. The summed E-state index contributed by atoms with van der Waals surface area (Å²) in [7, 11) is 0. The fourth-order valence-corrected chi connectivity index (χ4v) is 4.94. The first-order valence-corrected chi connectivity index (χ1v) is 13.3. The van der Waals surface area contributed by atoms with Crippen LogP contribution < -0.4 is 4.74 Å². The van der Waals surface area contributed by atoms with Crippen molar-refractivity contribution in [3.8, 4) is 22.9 Å². The van der Waals surface area contributed by atoms with Gasteiger partial charge in [0.25, 0.3) is 0 Å². The van der Waals surface area contributed by atoms with Crippen LogP contribution in [0.25, 0.3) is 11.1 Å². The van der Waals surface area contributed by atoms with Gasteiger partial charge in [-0.1, -0.05) is 65.8 Å². The highest BCUT2D eigenvalue weighted by molar-refractivity contribution is 5.80. The van der Waals surface area contributed by atoms with E-state index in [0.29, 0.717) is 24.2 Å². The van der Waals surface area contributed by atoms with E-state index in [1.54, 1.807) is 24.3 Å². The van der Waals surface area contributed by atoms with Crippen molar-refractivity contribution in [1.82, 2.24) is 0 Å². The molecule has 38 heavy (non-hydrogen) atoms. The lowest BCUT2D eigenvalue weighted by molar-refractivity contribution is -0.182. The molecule has 0 spiro atoms. The van der Waals surface area contributed by atoms with Gasteiger partial charge in [0.05, 0.1) is 22.5 Å². The highest BCUT2D eigenvalue weighted by Gasteiger charge is 2.50. The molecule has 0 fully saturated rings. The second kappa shape index (κ2) is 10.9. The van der Waals surface area contributed by atoms with E-state index in [1.807, 2.05) is 58.9 Å². The van der Waals surface area contributed by atoms with Crippen LogP contribution in [0, 0.1) is 33.0 Å². The number of hydrogen-bond acceptors (Lipinski definition) is 5. The van der Waals surface area contributed by atoms with Crippen LogP contribution in [-0.4, -0.2) is 17.5 Å². The number of rotatable bonds is 8. The highest BCUT2D eigenvalue weighted by atomic mass is 16.6. The maximum atomic E-state index is 13.6. The number of carbonyl (C=O) groups excluding carboxylic acids is 2. The molecule has 1 unspecified atom stereocenters. The van der Waals surface area contributed by atoms with Crippen LogP contribution in [-0.2, 0) is 14.3 Å². The summed E-state index contributed by atoms with van der Waals surface area (Å²) in [5.74, 6) is -0.186. The van der Waals surface area contributed by atoms with E-state index in [0.717, 1.165) is 11.1 Å². The SMILES string of the molecule is CC(C)(C)CC(C)(C(=O)OC(C)(C)CC(C)(C)C(=O)Oc1ccc(-c2ccc(C#N)cc2)cc1)C(C)(C)C. The van der Waals surface area contributed by atoms with E-state index in [4.69, 9.17) is 14.7 Å². The molecule has 0 aliphatic rings. The van der Waals surface area contributed by atoms with Crippen LogP contribution in [0.1, 0.15) is 94.6 Å². The number of nitriles is 1. The Kier molecular flexibility index (Phi) is 8.94. The molecule has 5 heteroatoms. The molecule has 0 heterocycles. The quantitative estimate of drug-likeness (QED) is 0.259. The Labute approximate surface area is 229 Å². The number of ether oxygens (including phenoxy) is 2. The van der Waals surface area contributed by atoms with Gasteiger partial charge in [-0.15, -0.1) is 0 Å². The summed E-state index contributed by atoms with van der Waals surface area (Å²) in [6.07, 6.45) is 0.992. The molecular formula is C33H45NO4. The van der Waals surface area contributed by atoms with Gasteiger partial charge < -0.3 is 9.47 Å². The van der Waals surface area contributed by atoms with Crippen LogP contribution in [0.3, 0.4) is 0 Å². The third kappa shape index (κ3) is 7.93. The van der Waals surface area contributed by atoms with Crippen molar-refractivity contribution in [3.05, 3.63) is 54.1 Å². The van der Waals surface area contributed by atoms with Crippen LogP contribution in [0.4, 0.5) is 0 Å². The van der Waals surface area contributed by atoms with Gasteiger partial charge in [-0.25, -0.2) is 0 Å². The molecule has 0 saturated heterocycles. The van der Waals surface area contributed by atoms with Crippen molar-refractivity contribution in [1.29, 1.82) is 5.26 Å². The highest BCUT2D eigenvalue weighted by Crippen LogP contribution is 2.48. The van der Waals surface area contributed by atoms with E-state index in [2.05, 4.69) is 47.6 Å². The van der Waals surface area contributed by atoms with Crippen molar-refractivity contribution >= 4 is 11.9 Å². The fraction of sp³-hybridized carbons (Fsp3) is 0.545. The molecule has 0 aliphatic heterocycles. The summed E-state index contributed by atoms with van der Waals surface area (Å²) in [6.45, 7) is 21.9. The zero-order valence-electron chi connectivity index (χ0n) is 25.1. The van der Waals surface area contributed by atoms with Gasteiger partial charge in [0.1, 0.15) is 11.4 Å². The predicted octanol–water partition coefficient (Wildman–Crippen LogP) is 8.36. The van der Waals surface area contributed by atoms with Gasteiger partial charge in [0.2, 0.25) is 0 Å². The van der Waals surface area contributed by atoms with Gasteiger partial charge >= 0.3 is 11.9 Å². The van der Waals surface area contributed by atoms with Gasteiger partial charge in [0, 0.05) is 6.42 Å². The zero-order chi connectivity index (χ0) is 29.2. The van der Waals surface area contributed by atoms with Gasteiger partial charge in [-0.3, -0.25) is 9.59 Å². The molecule has 0 radical (unpaired) electrons. The standard InChI is InChI=1S/C33H45NO4/c1-29(2,3)21-33(11,30(4,5)6)28(36)38-32(9,10)22-31(7,8)27(35)37-26-18-16-25(17-19-26)24-14-12-23(20-34)13-15-24/h12-19H,21-22H2,1-11H3. The van der Waals surface area contributed by atoms with Gasteiger partial charge in [-0.2, -0.15) is 5.26 Å². The minimum atomic E-state index is -0.891. The summed E-state index contributed by atoms with van der Waals surface area (Å²) in [5, 5.41) is 8.98. The third-order valence-electron chi connectivity index (χ3n) is 7.19. The second-order valence-corrected chi connectivity index (χ2v) is 14.1. The largest absolute Gasteiger partial charge is 0.459 e.